The fourth-order valence-corrected chi connectivity index (χ4v) is 3.46. The Bertz CT molecular complexity index is 198. The van der Waals surface area contributed by atoms with Gasteiger partial charge < -0.3 is 4.74 Å². The van der Waals surface area contributed by atoms with Crippen molar-refractivity contribution in [3.8, 4) is 0 Å². The third-order valence-electron chi connectivity index (χ3n) is 3.64. The highest BCUT2D eigenvalue weighted by Crippen LogP contribution is 2.32. The molecule has 2 nitrogen and oxygen atoms in total. The van der Waals surface area contributed by atoms with Crippen molar-refractivity contribution in [2.24, 2.45) is 0 Å². The molecular weight excluding hydrogens is 279 g/mol. The standard InChI is InChI=1S/C12H24O2.C6H15P/c1-3-4-5-6-7-8-9-10-11-14-12(2)13;1-4-7(5-2)6-3/h3-11H2,1-2H3;4-6H2,1-3H3. The number of esters is 1. The van der Waals surface area contributed by atoms with E-state index in [4.69, 9.17) is 4.74 Å². The number of carbonyl (C=O) groups is 1. The fraction of sp³-hybridized carbons (Fsp3) is 0.944. The highest BCUT2D eigenvalue weighted by Gasteiger charge is 1.94. The second-order valence-electron chi connectivity index (χ2n) is 5.43. The van der Waals surface area contributed by atoms with Crippen molar-refractivity contribution >= 4 is 13.9 Å². The molecule has 0 saturated carbocycles. The lowest BCUT2D eigenvalue weighted by Crippen LogP contribution is -1.99. The third-order valence-corrected chi connectivity index (χ3v) is 6.33. The Morgan fingerprint density at radius 2 is 1.19 bits per heavy atom. The van der Waals surface area contributed by atoms with Crippen LogP contribution < -0.4 is 0 Å². The van der Waals surface area contributed by atoms with Crippen LogP contribution in [-0.2, 0) is 9.53 Å². The van der Waals surface area contributed by atoms with Gasteiger partial charge in [-0.15, -0.1) is 7.92 Å². The van der Waals surface area contributed by atoms with E-state index in [1.807, 2.05) is 0 Å². The Kier molecular flexibility index (Phi) is 22.0. The maximum atomic E-state index is 10.4. The quantitative estimate of drug-likeness (QED) is 0.242. The Balaban J connectivity index is 0. The molecule has 0 aliphatic heterocycles. The van der Waals surface area contributed by atoms with Crippen LogP contribution in [0, 0.1) is 0 Å². The van der Waals surface area contributed by atoms with Crippen LogP contribution in [-0.4, -0.2) is 31.1 Å². The Hall–Kier alpha value is -0.100. The van der Waals surface area contributed by atoms with Crippen molar-refractivity contribution < 1.29 is 9.53 Å². The number of ether oxygens (including phenoxy) is 1. The molecule has 0 rings (SSSR count). The Morgan fingerprint density at radius 1 is 0.762 bits per heavy atom. The molecule has 0 fully saturated rings. The van der Waals surface area contributed by atoms with E-state index in [1.165, 1.54) is 70.4 Å². The predicted molar refractivity (Wildman–Crippen MR) is 97.8 cm³/mol. The molecule has 0 bridgehead atoms. The molecule has 0 aromatic rings. The van der Waals surface area contributed by atoms with Gasteiger partial charge in [0.2, 0.25) is 0 Å². The van der Waals surface area contributed by atoms with Gasteiger partial charge in [-0.2, -0.15) is 0 Å². The molecule has 0 amide bonds. The minimum Gasteiger partial charge on any atom is -0.466 e. The van der Waals surface area contributed by atoms with E-state index in [9.17, 15) is 4.79 Å². The number of carbonyl (C=O) groups excluding carboxylic acids is 1. The van der Waals surface area contributed by atoms with Crippen LogP contribution >= 0.6 is 7.92 Å². The van der Waals surface area contributed by atoms with Crippen molar-refractivity contribution in [1.82, 2.24) is 0 Å². The maximum absolute atomic E-state index is 10.4. The SMILES string of the molecule is CCCCCCCCCCOC(C)=O.CCP(CC)CC. The lowest BCUT2D eigenvalue weighted by Gasteiger charge is -2.07. The zero-order chi connectivity index (χ0) is 16.3. The topological polar surface area (TPSA) is 26.3 Å². The van der Waals surface area contributed by atoms with Gasteiger partial charge in [-0.25, -0.2) is 0 Å². The first-order chi connectivity index (χ1) is 10.1. The van der Waals surface area contributed by atoms with Crippen LogP contribution in [0.4, 0.5) is 0 Å². The zero-order valence-corrected chi connectivity index (χ0v) is 16.1. The first-order valence-corrected chi connectivity index (χ1v) is 10.9. The average molecular weight is 318 g/mol. The molecular formula is C18H39O2P. The first kappa shape index (κ1) is 23.2. The van der Waals surface area contributed by atoms with Crippen molar-refractivity contribution in [2.45, 2.75) is 86.0 Å². The van der Waals surface area contributed by atoms with Crippen LogP contribution in [0.2, 0.25) is 0 Å². The molecule has 0 aromatic carbocycles. The van der Waals surface area contributed by atoms with Gasteiger partial charge in [0.1, 0.15) is 0 Å². The van der Waals surface area contributed by atoms with E-state index in [1.54, 1.807) is 0 Å². The van der Waals surface area contributed by atoms with Crippen molar-refractivity contribution in [1.29, 1.82) is 0 Å². The van der Waals surface area contributed by atoms with E-state index >= 15 is 0 Å². The van der Waals surface area contributed by atoms with E-state index in [0.717, 1.165) is 6.42 Å². The second-order valence-corrected chi connectivity index (χ2v) is 8.67. The first-order valence-electron chi connectivity index (χ1n) is 8.97. The van der Waals surface area contributed by atoms with Crippen LogP contribution in [0.3, 0.4) is 0 Å². The molecule has 0 N–H and O–H groups in total. The monoisotopic (exact) mass is 318 g/mol. The Labute approximate surface area is 135 Å². The van der Waals surface area contributed by atoms with Crippen LogP contribution in [0.5, 0.6) is 0 Å². The molecule has 0 aromatic heterocycles. The summed E-state index contributed by atoms with van der Waals surface area (Å²) in [6.45, 7) is 11.2. The van der Waals surface area contributed by atoms with Gasteiger partial charge in [-0.05, 0) is 24.9 Å². The summed E-state index contributed by atoms with van der Waals surface area (Å²) >= 11 is 0. The summed E-state index contributed by atoms with van der Waals surface area (Å²) in [4.78, 5) is 10.4. The molecule has 0 heterocycles. The molecule has 0 aliphatic rings. The minimum absolute atomic E-state index is 0.159. The zero-order valence-electron chi connectivity index (χ0n) is 15.2. The Morgan fingerprint density at radius 3 is 1.52 bits per heavy atom. The highest BCUT2D eigenvalue weighted by atomic mass is 31.1. The van der Waals surface area contributed by atoms with Gasteiger partial charge in [-0.1, -0.05) is 72.6 Å². The summed E-state index contributed by atoms with van der Waals surface area (Å²) in [7, 11) is 0.446. The smallest absolute Gasteiger partial charge is 0.302 e. The second kappa shape index (κ2) is 19.9. The minimum atomic E-state index is -0.159. The molecule has 0 unspecified atom stereocenters. The summed E-state index contributed by atoms with van der Waals surface area (Å²) in [5.41, 5.74) is 0. The van der Waals surface area contributed by atoms with Crippen molar-refractivity contribution in [2.75, 3.05) is 25.1 Å². The number of unbranched alkanes of at least 4 members (excludes halogenated alkanes) is 7. The van der Waals surface area contributed by atoms with Crippen LogP contribution in [0.15, 0.2) is 0 Å². The molecule has 3 heteroatoms. The van der Waals surface area contributed by atoms with Gasteiger partial charge in [0.15, 0.2) is 0 Å². The van der Waals surface area contributed by atoms with E-state index in [-0.39, 0.29) is 5.97 Å². The third kappa shape index (κ3) is 22.3. The van der Waals surface area contributed by atoms with Gasteiger partial charge in [0.05, 0.1) is 6.61 Å². The van der Waals surface area contributed by atoms with Gasteiger partial charge >= 0.3 is 5.97 Å². The molecule has 0 aliphatic carbocycles. The van der Waals surface area contributed by atoms with E-state index in [0.29, 0.717) is 14.5 Å². The van der Waals surface area contributed by atoms with Gasteiger partial charge in [-0.3, -0.25) is 4.79 Å². The lowest BCUT2D eigenvalue weighted by molar-refractivity contribution is -0.141. The summed E-state index contributed by atoms with van der Waals surface area (Å²) in [6, 6.07) is 0. The van der Waals surface area contributed by atoms with Gasteiger partial charge in [0.25, 0.3) is 0 Å². The molecule has 0 atom stereocenters. The van der Waals surface area contributed by atoms with Crippen molar-refractivity contribution in [3.05, 3.63) is 0 Å². The summed E-state index contributed by atoms with van der Waals surface area (Å²) in [6.07, 6.45) is 14.5. The molecule has 128 valence electrons. The van der Waals surface area contributed by atoms with Crippen LogP contribution in [0.25, 0.3) is 0 Å². The lowest BCUT2D eigenvalue weighted by atomic mass is 10.1. The molecule has 0 radical (unpaired) electrons. The molecule has 0 spiro atoms. The highest BCUT2D eigenvalue weighted by molar-refractivity contribution is 7.57. The van der Waals surface area contributed by atoms with E-state index in [2.05, 4.69) is 27.7 Å². The summed E-state index contributed by atoms with van der Waals surface area (Å²) in [5, 5.41) is 0. The normalized spacial score (nSPS) is 10.2. The van der Waals surface area contributed by atoms with E-state index < -0.39 is 0 Å². The molecule has 0 saturated heterocycles. The summed E-state index contributed by atoms with van der Waals surface area (Å²) < 4.78 is 4.85. The average Bonchev–Trinajstić information content (AvgIpc) is 2.48. The predicted octanol–water partition coefficient (Wildman–Crippen LogP) is 6.22. The summed E-state index contributed by atoms with van der Waals surface area (Å²) in [5.74, 6) is -0.159. The number of hydrogen-bond acceptors (Lipinski definition) is 2. The number of rotatable bonds is 12. The fourth-order valence-electron chi connectivity index (χ4n) is 2.12. The largest absolute Gasteiger partial charge is 0.466 e. The van der Waals surface area contributed by atoms with Crippen molar-refractivity contribution in [3.63, 3.8) is 0 Å². The maximum Gasteiger partial charge on any atom is 0.302 e. The molecule has 21 heavy (non-hydrogen) atoms. The van der Waals surface area contributed by atoms with Gasteiger partial charge in [0, 0.05) is 6.92 Å². The van der Waals surface area contributed by atoms with Crippen LogP contribution in [0.1, 0.15) is 86.0 Å². The number of hydrogen-bond donors (Lipinski definition) is 0.